The van der Waals surface area contributed by atoms with Gasteiger partial charge in [0.2, 0.25) is 0 Å². The standard InChI is InChI=1S/C21H26N4O/c1-17-13-23-20(15-22-17)21(26)24-14-19-10-6-12-25(16-19)11-5-9-18-7-3-2-4-8-18/h2-5,7-9,13,15,19H,6,10-12,14,16H2,1H3,(H,24,26). The number of carbonyl (C=O) groups excluding carboxylic acids is 1. The molecule has 1 aromatic heterocycles. The number of nitrogens with one attached hydrogen (secondary N) is 1. The van der Waals surface area contributed by atoms with Crippen molar-refractivity contribution in [2.75, 3.05) is 26.2 Å². The van der Waals surface area contributed by atoms with Gasteiger partial charge < -0.3 is 5.32 Å². The van der Waals surface area contributed by atoms with Gasteiger partial charge in [-0.2, -0.15) is 0 Å². The largest absolute Gasteiger partial charge is 0.350 e. The molecule has 1 N–H and O–H groups in total. The smallest absolute Gasteiger partial charge is 0.271 e. The number of aryl methyl sites for hydroxylation is 1. The number of aromatic nitrogens is 2. The first-order chi connectivity index (χ1) is 12.7. The number of hydrogen-bond donors (Lipinski definition) is 1. The van der Waals surface area contributed by atoms with E-state index in [-0.39, 0.29) is 5.91 Å². The van der Waals surface area contributed by atoms with E-state index in [4.69, 9.17) is 0 Å². The summed E-state index contributed by atoms with van der Waals surface area (Å²) in [5.74, 6) is 0.342. The lowest BCUT2D eigenvalue weighted by molar-refractivity contribution is 0.0929. The highest BCUT2D eigenvalue weighted by molar-refractivity contribution is 5.91. The van der Waals surface area contributed by atoms with Gasteiger partial charge >= 0.3 is 0 Å². The summed E-state index contributed by atoms with van der Waals surface area (Å²) >= 11 is 0. The number of amides is 1. The third-order valence-electron chi connectivity index (χ3n) is 4.64. The molecule has 1 aromatic carbocycles. The molecule has 1 aliphatic heterocycles. The van der Waals surface area contributed by atoms with Crippen molar-refractivity contribution in [2.45, 2.75) is 19.8 Å². The van der Waals surface area contributed by atoms with Crippen LogP contribution < -0.4 is 5.32 Å². The van der Waals surface area contributed by atoms with Gasteiger partial charge in [0, 0.05) is 25.8 Å². The zero-order valence-electron chi connectivity index (χ0n) is 15.3. The number of piperidine rings is 1. The SMILES string of the molecule is Cc1cnc(C(=O)NCC2CCCN(CC=Cc3ccccc3)C2)cn1. The molecule has 5 heteroatoms. The molecule has 1 fully saturated rings. The first-order valence-electron chi connectivity index (χ1n) is 9.21. The van der Waals surface area contributed by atoms with E-state index in [0.717, 1.165) is 31.7 Å². The van der Waals surface area contributed by atoms with Crippen molar-refractivity contribution in [3.05, 3.63) is 65.8 Å². The summed E-state index contributed by atoms with van der Waals surface area (Å²) in [5.41, 5.74) is 2.43. The molecule has 1 saturated heterocycles. The fraction of sp³-hybridized carbons (Fsp3) is 0.381. The van der Waals surface area contributed by atoms with E-state index in [1.807, 2.05) is 13.0 Å². The number of rotatable bonds is 6. The molecule has 0 spiro atoms. The van der Waals surface area contributed by atoms with Crippen LogP contribution >= 0.6 is 0 Å². The average Bonchev–Trinajstić information content (AvgIpc) is 2.68. The second kappa shape index (κ2) is 9.25. The number of likely N-dealkylation sites (tertiary alicyclic amines) is 1. The van der Waals surface area contributed by atoms with Crippen molar-refractivity contribution in [3.63, 3.8) is 0 Å². The summed E-state index contributed by atoms with van der Waals surface area (Å²) in [4.78, 5) is 22.9. The van der Waals surface area contributed by atoms with E-state index in [0.29, 0.717) is 18.2 Å². The summed E-state index contributed by atoms with van der Waals surface area (Å²) in [6.45, 7) is 5.62. The van der Waals surface area contributed by atoms with Crippen molar-refractivity contribution in [3.8, 4) is 0 Å². The zero-order chi connectivity index (χ0) is 18.2. The molecule has 1 amide bonds. The minimum atomic E-state index is -0.140. The molecule has 2 aromatic rings. The Hall–Kier alpha value is -2.53. The molecule has 136 valence electrons. The van der Waals surface area contributed by atoms with Crippen molar-refractivity contribution in [2.24, 2.45) is 5.92 Å². The normalized spacial score (nSPS) is 18.1. The van der Waals surface area contributed by atoms with Gasteiger partial charge in [-0.25, -0.2) is 4.98 Å². The molecule has 2 heterocycles. The first kappa shape index (κ1) is 18.3. The highest BCUT2D eigenvalue weighted by Gasteiger charge is 2.20. The minimum Gasteiger partial charge on any atom is -0.350 e. The maximum Gasteiger partial charge on any atom is 0.271 e. The number of nitrogens with zero attached hydrogens (tertiary/aromatic N) is 3. The third kappa shape index (κ3) is 5.49. The summed E-state index contributed by atoms with van der Waals surface area (Å²) < 4.78 is 0. The predicted molar refractivity (Wildman–Crippen MR) is 104 cm³/mol. The molecule has 3 rings (SSSR count). The summed E-state index contributed by atoms with van der Waals surface area (Å²) in [6, 6.07) is 10.4. The highest BCUT2D eigenvalue weighted by atomic mass is 16.1. The van der Waals surface area contributed by atoms with Crippen LogP contribution in [0.3, 0.4) is 0 Å². The van der Waals surface area contributed by atoms with E-state index < -0.39 is 0 Å². The van der Waals surface area contributed by atoms with Crippen molar-refractivity contribution >= 4 is 12.0 Å². The maximum absolute atomic E-state index is 12.2. The van der Waals surface area contributed by atoms with Gasteiger partial charge in [-0.15, -0.1) is 0 Å². The Bertz CT molecular complexity index is 727. The van der Waals surface area contributed by atoms with Crippen LogP contribution in [-0.2, 0) is 0 Å². The van der Waals surface area contributed by atoms with Crippen LogP contribution in [0.4, 0.5) is 0 Å². The maximum atomic E-state index is 12.2. The van der Waals surface area contributed by atoms with E-state index in [2.05, 4.69) is 56.6 Å². The fourth-order valence-electron chi connectivity index (χ4n) is 3.22. The molecule has 1 aliphatic rings. The third-order valence-corrected chi connectivity index (χ3v) is 4.64. The lowest BCUT2D eigenvalue weighted by atomic mass is 9.98. The van der Waals surface area contributed by atoms with Crippen LogP contribution in [0.15, 0.2) is 48.8 Å². The first-order valence-corrected chi connectivity index (χ1v) is 9.21. The molecule has 1 unspecified atom stereocenters. The Morgan fingerprint density at radius 3 is 2.88 bits per heavy atom. The van der Waals surface area contributed by atoms with Gasteiger partial charge in [0.1, 0.15) is 5.69 Å². The van der Waals surface area contributed by atoms with Crippen molar-refractivity contribution < 1.29 is 4.79 Å². The Morgan fingerprint density at radius 2 is 2.12 bits per heavy atom. The summed E-state index contributed by atoms with van der Waals surface area (Å²) in [5, 5.41) is 3.00. The quantitative estimate of drug-likeness (QED) is 0.870. The number of carbonyl (C=O) groups is 1. The predicted octanol–water partition coefficient (Wildman–Crippen LogP) is 2.94. The van der Waals surface area contributed by atoms with Gasteiger partial charge in [0.05, 0.1) is 11.9 Å². The van der Waals surface area contributed by atoms with Crippen LogP contribution in [0.25, 0.3) is 6.08 Å². The second-order valence-corrected chi connectivity index (χ2v) is 6.83. The molecular weight excluding hydrogens is 324 g/mol. The Labute approximate surface area is 155 Å². The van der Waals surface area contributed by atoms with Gasteiger partial charge in [0.15, 0.2) is 0 Å². The van der Waals surface area contributed by atoms with Crippen LogP contribution in [0.2, 0.25) is 0 Å². The summed E-state index contributed by atoms with van der Waals surface area (Å²) in [6.07, 6.45) is 9.87. The Balaban J connectivity index is 1.44. The van der Waals surface area contributed by atoms with E-state index in [1.54, 1.807) is 6.20 Å². The van der Waals surface area contributed by atoms with Crippen molar-refractivity contribution in [1.29, 1.82) is 0 Å². The second-order valence-electron chi connectivity index (χ2n) is 6.83. The molecule has 5 nitrogen and oxygen atoms in total. The van der Waals surface area contributed by atoms with Gasteiger partial charge in [0.25, 0.3) is 5.91 Å². The molecule has 1 atom stereocenters. The van der Waals surface area contributed by atoms with E-state index in [9.17, 15) is 4.79 Å². The minimum absolute atomic E-state index is 0.140. The lowest BCUT2D eigenvalue weighted by Crippen LogP contribution is -2.41. The van der Waals surface area contributed by atoms with Crippen LogP contribution in [0, 0.1) is 12.8 Å². The van der Waals surface area contributed by atoms with E-state index in [1.165, 1.54) is 18.2 Å². The highest BCUT2D eigenvalue weighted by Crippen LogP contribution is 2.16. The van der Waals surface area contributed by atoms with Crippen LogP contribution in [0.5, 0.6) is 0 Å². The zero-order valence-corrected chi connectivity index (χ0v) is 15.3. The van der Waals surface area contributed by atoms with Crippen LogP contribution in [0.1, 0.15) is 34.6 Å². The number of benzene rings is 1. The van der Waals surface area contributed by atoms with E-state index >= 15 is 0 Å². The monoisotopic (exact) mass is 350 g/mol. The van der Waals surface area contributed by atoms with Gasteiger partial charge in [-0.1, -0.05) is 42.5 Å². The van der Waals surface area contributed by atoms with Gasteiger partial charge in [-0.05, 0) is 37.8 Å². The average molecular weight is 350 g/mol. The molecular formula is C21H26N4O. The fourth-order valence-corrected chi connectivity index (χ4v) is 3.22. The molecule has 26 heavy (non-hydrogen) atoms. The molecule has 0 aliphatic carbocycles. The van der Waals surface area contributed by atoms with Crippen molar-refractivity contribution in [1.82, 2.24) is 20.2 Å². The molecule has 0 saturated carbocycles. The summed E-state index contributed by atoms with van der Waals surface area (Å²) in [7, 11) is 0. The topological polar surface area (TPSA) is 58.1 Å². The van der Waals surface area contributed by atoms with Gasteiger partial charge in [-0.3, -0.25) is 14.7 Å². The Morgan fingerprint density at radius 1 is 1.27 bits per heavy atom. The lowest BCUT2D eigenvalue weighted by Gasteiger charge is -2.32. The van der Waals surface area contributed by atoms with Crippen LogP contribution in [-0.4, -0.2) is 47.0 Å². The molecule has 0 bridgehead atoms. The Kier molecular flexibility index (Phi) is 6.50. The molecule has 0 radical (unpaired) electrons. The number of hydrogen-bond acceptors (Lipinski definition) is 4.